The molecular weight excluding hydrogens is 324 g/mol. The lowest BCUT2D eigenvalue weighted by Crippen LogP contribution is -2.22. The number of benzene rings is 1. The van der Waals surface area contributed by atoms with Crippen molar-refractivity contribution in [2.75, 3.05) is 0 Å². The first kappa shape index (κ1) is 14.6. The standard InChI is InChI=1S/C14H17BrN2OS/c1-9(2)16-7-11-4-5-12(15)6-13(11)19-14-17-10(3)8-18-14/h4-6,8-9,16H,7H2,1-3H3. The molecule has 0 fully saturated rings. The highest BCUT2D eigenvalue weighted by atomic mass is 79.9. The largest absolute Gasteiger partial charge is 0.439 e. The molecule has 5 heteroatoms. The summed E-state index contributed by atoms with van der Waals surface area (Å²) in [5.41, 5.74) is 2.15. The Morgan fingerprint density at radius 3 is 2.84 bits per heavy atom. The predicted octanol–water partition coefficient (Wildman–Crippen LogP) is 4.39. The van der Waals surface area contributed by atoms with E-state index in [2.05, 4.69) is 58.3 Å². The van der Waals surface area contributed by atoms with E-state index in [0.717, 1.165) is 21.6 Å². The van der Waals surface area contributed by atoms with Crippen molar-refractivity contribution >= 4 is 27.7 Å². The van der Waals surface area contributed by atoms with Crippen molar-refractivity contribution in [1.82, 2.24) is 10.3 Å². The lowest BCUT2D eigenvalue weighted by atomic mass is 10.2. The Hall–Kier alpha value is -0.780. The predicted molar refractivity (Wildman–Crippen MR) is 81.5 cm³/mol. The van der Waals surface area contributed by atoms with Gasteiger partial charge >= 0.3 is 0 Å². The number of aryl methyl sites for hydroxylation is 1. The number of halogens is 1. The highest BCUT2D eigenvalue weighted by molar-refractivity contribution is 9.10. The van der Waals surface area contributed by atoms with Crippen molar-refractivity contribution < 1.29 is 4.42 Å². The van der Waals surface area contributed by atoms with Gasteiger partial charge in [0.1, 0.15) is 6.26 Å². The molecule has 1 N–H and O–H groups in total. The van der Waals surface area contributed by atoms with Gasteiger partial charge in [-0.05, 0) is 36.4 Å². The van der Waals surface area contributed by atoms with E-state index >= 15 is 0 Å². The average molecular weight is 341 g/mol. The normalized spacial score (nSPS) is 11.2. The van der Waals surface area contributed by atoms with E-state index in [4.69, 9.17) is 4.42 Å². The Kier molecular flexibility index (Phi) is 5.07. The van der Waals surface area contributed by atoms with E-state index in [9.17, 15) is 0 Å². The van der Waals surface area contributed by atoms with Crippen LogP contribution in [0.5, 0.6) is 0 Å². The molecule has 3 nitrogen and oxygen atoms in total. The van der Waals surface area contributed by atoms with Crippen molar-refractivity contribution in [2.45, 2.75) is 43.5 Å². The van der Waals surface area contributed by atoms with Crippen LogP contribution in [0.25, 0.3) is 0 Å². The minimum absolute atomic E-state index is 0.463. The maximum absolute atomic E-state index is 5.40. The maximum Gasteiger partial charge on any atom is 0.260 e. The van der Waals surface area contributed by atoms with Crippen LogP contribution in [0.3, 0.4) is 0 Å². The summed E-state index contributed by atoms with van der Waals surface area (Å²) in [6.45, 7) is 7.05. The van der Waals surface area contributed by atoms with Gasteiger partial charge in [-0.1, -0.05) is 35.8 Å². The fourth-order valence-electron chi connectivity index (χ4n) is 1.56. The second-order valence-electron chi connectivity index (χ2n) is 4.64. The van der Waals surface area contributed by atoms with Crippen LogP contribution < -0.4 is 5.32 Å². The molecule has 1 aromatic carbocycles. The number of nitrogens with one attached hydrogen (secondary N) is 1. The van der Waals surface area contributed by atoms with E-state index < -0.39 is 0 Å². The molecule has 0 spiro atoms. The first-order chi connectivity index (χ1) is 9.04. The third-order valence-corrected chi connectivity index (χ3v) is 3.98. The maximum atomic E-state index is 5.40. The molecule has 0 saturated carbocycles. The van der Waals surface area contributed by atoms with Crippen molar-refractivity contribution in [1.29, 1.82) is 0 Å². The molecule has 2 aromatic rings. The van der Waals surface area contributed by atoms with Crippen LogP contribution in [-0.4, -0.2) is 11.0 Å². The molecular formula is C14H17BrN2OS. The molecule has 0 aliphatic carbocycles. The smallest absolute Gasteiger partial charge is 0.260 e. The summed E-state index contributed by atoms with van der Waals surface area (Å²) < 4.78 is 6.47. The van der Waals surface area contributed by atoms with Gasteiger partial charge in [0.2, 0.25) is 0 Å². The Bertz CT molecular complexity index is 554. The van der Waals surface area contributed by atoms with E-state index in [1.165, 1.54) is 5.56 Å². The summed E-state index contributed by atoms with van der Waals surface area (Å²) >= 11 is 5.06. The minimum atomic E-state index is 0.463. The van der Waals surface area contributed by atoms with Gasteiger partial charge in [-0.25, -0.2) is 4.98 Å². The topological polar surface area (TPSA) is 38.1 Å². The third kappa shape index (κ3) is 4.37. The number of aromatic nitrogens is 1. The van der Waals surface area contributed by atoms with Crippen molar-refractivity contribution in [3.05, 3.63) is 40.2 Å². The molecule has 1 aromatic heterocycles. The first-order valence-corrected chi connectivity index (χ1v) is 7.77. The van der Waals surface area contributed by atoms with Crippen molar-refractivity contribution in [2.24, 2.45) is 0 Å². The molecule has 0 atom stereocenters. The monoisotopic (exact) mass is 340 g/mol. The summed E-state index contributed by atoms with van der Waals surface area (Å²) in [5.74, 6) is 0. The van der Waals surface area contributed by atoms with E-state index in [0.29, 0.717) is 11.3 Å². The number of hydrogen-bond acceptors (Lipinski definition) is 4. The van der Waals surface area contributed by atoms with Gasteiger partial charge in [-0.3, -0.25) is 0 Å². The van der Waals surface area contributed by atoms with Crippen LogP contribution in [0.15, 0.2) is 43.5 Å². The zero-order valence-corrected chi connectivity index (χ0v) is 13.6. The second kappa shape index (κ2) is 6.59. The summed E-state index contributed by atoms with van der Waals surface area (Å²) in [6, 6.07) is 6.74. The Balaban J connectivity index is 2.19. The number of oxazole rings is 1. The zero-order chi connectivity index (χ0) is 13.8. The van der Waals surface area contributed by atoms with E-state index in [1.54, 1.807) is 18.0 Å². The molecule has 1 heterocycles. The molecule has 0 saturated heterocycles. The van der Waals surface area contributed by atoms with Gasteiger partial charge in [-0.15, -0.1) is 0 Å². The van der Waals surface area contributed by atoms with Crippen LogP contribution in [0, 0.1) is 6.92 Å². The van der Waals surface area contributed by atoms with Crippen LogP contribution in [0.2, 0.25) is 0 Å². The van der Waals surface area contributed by atoms with Crippen LogP contribution in [0.4, 0.5) is 0 Å². The minimum Gasteiger partial charge on any atom is -0.439 e. The van der Waals surface area contributed by atoms with Gasteiger partial charge < -0.3 is 9.73 Å². The molecule has 19 heavy (non-hydrogen) atoms. The molecule has 0 unspecified atom stereocenters. The Morgan fingerprint density at radius 2 is 2.21 bits per heavy atom. The van der Waals surface area contributed by atoms with Gasteiger partial charge in [0, 0.05) is 22.0 Å². The summed E-state index contributed by atoms with van der Waals surface area (Å²) in [6.07, 6.45) is 1.67. The van der Waals surface area contributed by atoms with E-state index in [-0.39, 0.29) is 0 Å². The highest BCUT2D eigenvalue weighted by Crippen LogP contribution is 2.32. The SMILES string of the molecule is Cc1coc(Sc2cc(Br)ccc2CNC(C)C)n1. The van der Waals surface area contributed by atoms with Gasteiger partial charge in [0.15, 0.2) is 0 Å². The van der Waals surface area contributed by atoms with Crippen molar-refractivity contribution in [3.8, 4) is 0 Å². The molecule has 0 radical (unpaired) electrons. The zero-order valence-electron chi connectivity index (χ0n) is 11.2. The molecule has 102 valence electrons. The highest BCUT2D eigenvalue weighted by Gasteiger charge is 2.09. The Morgan fingerprint density at radius 1 is 1.42 bits per heavy atom. The lowest BCUT2D eigenvalue weighted by molar-refractivity contribution is 0.454. The molecule has 0 amide bonds. The average Bonchev–Trinajstić information content (AvgIpc) is 2.73. The Labute approximate surface area is 126 Å². The van der Waals surface area contributed by atoms with Gasteiger partial charge in [-0.2, -0.15) is 0 Å². The summed E-state index contributed by atoms with van der Waals surface area (Å²) in [4.78, 5) is 5.49. The number of nitrogens with zero attached hydrogens (tertiary/aromatic N) is 1. The fourth-order valence-corrected chi connectivity index (χ4v) is 3.00. The molecule has 0 bridgehead atoms. The van der Waals surface area contributed by atoms with Crippen LogP contribution in [0.1, 0.15) is 25.1 Å². The summed E-state index contributed by atoms with van der Waals surface area (Å²) in [5, 5.41) is 4.11. The van der Waals surface area contributed by atoms with Crippen LogP contribution >= 0.6 is 27.7 Å². The third-order valence-electron chi connectivity index (χ3n) is 2.53. The number of hydrogen-bond donors (Lipinski definition) is 1. The van der Waals surface area contributed by atoms with E-state index in [1.807, 2.05) is 6.92 Å². The number of rotatable bonds is 5. The molecule has 0 aliphatic heterocycles. The summed E-state index contributed by atoms with van der Waals surface area (Å²) in [7, 11) is 0. The molecule has 2 rings (SSSR count). The second-order valence-corrected chi connectivity index (χ2v) is 6.55. The van der Waals surface area contributed by atoms with Crippen molar-refractivity contribution in [3.63, 3.8) is 0 Å². The molecule has 0 aliphatic rings. The quantitative estimate of drug-likeness (QED) is 0.875. The fraction of sp³-hybridized carbons (Fsp3) is 0.357. The lowest BCUT2D eigenvalue weighted by Gasteiger charge is -2.11. The van der Waals surface area contributed by atoms with Crippen LogP contribution in [-0.2, 0) is 6.54 Å². The van der Waals surface area contributed by atoms with Gasteiger partial charge in [0.05, 0.1) is 5.69 Å². The van der Waals surface area contributed by atoms with Gasteiger partial charge in [0.25, 0.3) is 5.22 Å². The first-order valence-electron chi connectivity index (χ1n) is 6.16.